The van der Waals surface area contributed by atoms with Gasteiger partial charge in [0.15, 0.2) is 0 Å². The Balaban J connectivity index is 1.78. The predicted octanol–water partition coefficient (Wildman–Crippen LogP) is 5.76. The minimum atomic E-state index is -0.353. The maximum Gasteiger partial charge on any atom is 0.132 e. The molecule has 0 saturated carbocycles. The van der Waals surface area contributed by atoms with Crippen molar-refractivity contribution in [2.24, 2.45) is 0 Å². The molecule has 4 heteroatoms. The summed E-state index contributed by atoms with van der Waals surface area (Å²) in [5.41, 5.74) is 3.93. The largest absolute Gasteiger partial charge is 0.256 e. The first-order valence-electron chi connectivity index (χ1n) is 8.15. The van der Waals surface area contributed by atoms with E-state index in [4.69, 9.17) is 0 Å². The van der Waals surface area contributed by atoms with Gasteiger partial charge in [0.05, 0.1) is 17.1 Å². The van der Waals surface area contributed by atoms with E-state index in [0.29, 0.717) is 17.0 Å². The van der Waals surface area contributed by atoms with Gasteiger partial charge in [0, 0.05) is 22.9 Å². The van der Waals surface area contributed by atoms with Crippen LogP contribution < -0.4 is 0 Å². The SMILES string of the molecule is Fc1ccc(-c2cccc(-c3cc(-c4ccccn4)ccc3F)n2)cc1. The van der Waals surface area contributed by atoms with E-state index in [-0.39, 0.29) is 11.6 Å². The number of pyridine rings is 2. The Labute approximate surface area is 149 Å². The fourth-order valence-electron chi connectivity index (χ4n) is 2.78. The second kappa shape index (κ2) is 6.84. The lowest BCUT2D eigenvalue weighted by Crippen LogP contribution is -1.92. The van der Waals surface area contributed by atoms with Crippen LogP contribution in [0.15, 0.2) is 85.1 Å². The molecule has 2 aromatic carbocycles. The number of nitrogens with zero attached hydrogens (tertiary/aromatic N) is 2. The zero-order valence-corrected chi connectivity index (χ0v) is 13.7. The van der Waals surface area contributed by atoms with E-state index in [2.05, 4.69) is 9.97 Å². The monoisotopic (exact) mass is 344 g/mol. The quantitative estimate of drug-likeness (QED) is 0.472. The normalized spacial score (nSPS) is 10.7. The molecule has 0 fully saturated rings. The smallest absolute Gasteiger partial charge is 0.132 e. The van der Waals surface area contributed by atoms with Crippen LogP contribution in [0.4, 0.5) is 8.78 Å². The third-order valence-electron chi connectivity index (χ3n) is 4.09. The number of hydrogen-bond donors (Lipinski definition) is 0. The standard InChI is InChI=1S/C22H14F2N2/c23-17-10-7-15(8-11-17)21-5-3-6-22(26-21)18-14-16(9-12-19(18)24)20-4-1-2-13-25-20/h1-14H. The summed E-state index contributed by atoms with van der Waals surface area (Å²) in [4.78, 5) is 8.86. The average Bonchev–Trinajstić information content (AvgIpc) is 2.70. The van der Waals surface area contributed by atoms with E-state index in [9.17, 15) is 8.78 Å². The zero-order chi connectivity index (χ0) is 17.9. The highest BCUT2D eigenvalue weighted by Crippen LogP contribution is 2.28. The Morgan fingerprint density at radius 2 is 1.35 bits per heavy atom. The second-order valence-electron chi connectivity index (χ2n) is 5.82. The van der Waals surface area contributed by atoms with Crippen LogP contribution >= 0.6 is 0 Å². The van der Waals surface area contributed by atoms with E-state index in [0.717, 1.165) is 16.8 Å². The molecule has 0 aliphatic heterocycles. The molecule has 2 nitrogen and oxygen atoms in total. The highest BCUT2D eigenvalue weighted by atomic mass is 19.1. The van der Waals surface area contributed by atoms with Gasteiger partial charge in [0.25, 0.3) is 0 Å². The van der Waals surface area contributed by atoms with Crippen molar-refractivity contribution >= 4 is 0 Å². The average molecular weight is 344 g/mol. The van der Waals surface area contributed by atoms with Crippen LogP contribution in [-0.4, -0.2) is 9.97 Å². The molecule has 0 aliphatic carbocycles. The Kier molecular flexibility index (Phi) is 4.23. The summed E-state index contributed by atoms with van der Waals surface area (Å²) in [6.07, 6.45) is 1.70. The number of benzene rings is 2. The number of halogens is 2. The molecule has 0 aliphatic rings. The molecular weight excluding hydrogens is 330 g/mol. The van der Waals surface area contributed by atoms with Crippen molar-refractivity contribution in [2.45, 2.75) is 0 Å². The molecule has 0 atom stereocenters. The molecule has 4 rings (SSSR count). The fraction of sp³-hybridized carbons (Fsp3) is 0. The molecule has 0 unspecified atom stereocenters. The number of rotatable bonds is 3. The van der Waals surface area contributed by atoms with Gasteiger partial charge in [-0.05, 0) is 66.7 Å². The second-order valence-corrected chi connectivity index (χ2v) is 5.82. The topological polar surface area (TPSA) is 25.8 Å². The summed E-state index contributed by atoms with van der Waals surface area (Å²) < 4.78 is 27.6. The lowest BCUT2D eigenvalue weighted by atomic mass is 10.0. The van der Waals surface area contributed by atoms with Crippen molar-refractivity contribution in [1.29, 1.82) is 0 Å². The van der Waals surface area contributed by atoms with Crippen LogP contribution in [0.1, 0.15) is 0 Å². The van der Waals surface area contributed by atoms with E-state index in [1.54, 1.807) is 36.5 Å². The molecule has 0 N–H and O–H groups in total. The zero-order valence-electron chi connectivity index (χ0n) is 13.7. The maximum absolute atomic E-state index is 14.4. The molecule has 0 bridgehead atoms. The number of hydrogen-bond acceptors (Lipinski definition) is 2. The highest BCUT2D eigenvalue weighted by Gasteiger charge is 2.11. The van der Waals surface area contributed by atoms with Gasteiger partial charge in [-0.1, -0.05) is 12.1 Å². The van der Waals surface area contributed by atoms with Crippen LogP contribution in [0.25, 0.3) is 33.8 Å². The fourth-order valence-corrected chi connectivity index (χ4v) is 2.78. The van der Waals surface area contributed by atoms with E-state index < -0.39 is 0 Å². The lowest BCUT2D eigenvalue weighted by molar-refractivity contribution is 0.628. The van der Waals surface area contributed by atoms with Crippen LogP contribution in [0, 0.1) is 11.6 Å². The van der Waals surface area contributed by atoms with E-state index in [1.807, 2.05) is 30.3 Å². The minimum Gasteiger partial charge on any atom is -0.256 e. The number of aromatic nitrogens is 2. The molecule has 0 saturated heterocycles. The summed E-state index contributed by atoms with van der Waals surface area (Å²) in [6.45, 7) is 0. The lowest BCUT2D eigenvalue weighted by Gasteiger charge is -2.08. The third-order valence-corrected chi connectivity index (χ3v) is 4.09. The maximum atomic E-state index is 14.4. The molecule has 4 aromatic rings. The van der Waals surface area contributed by atoms with Crippen molar-refractivity contribution < 1.29 is 8.78 Å². The van der Waals surface area contributed by atoms with Crippen molar-refractivity contribution in [3.8, 4) is 33.8 Å². The molecule has 0 spiro atoms. The van der Waals surface area contributed by atoms with Gasteiger partial charge in [-0.2, -0.15) is 0 Å². The molecular formula is C22H14F2N2. The van der Waals surface area contributed by atoms with Crippen LogP contribution in [0.3, 0.4) is 0 Å². The minimum absolute atomic E-state index is 0.306. The van der Waals surface area contributed by atoms with Gasteiger partial charge >= 0.3 is 0 Å². The Bertz CT molecular complexity index is 1050. The van der Waals surface area contributed by atoms with Gasteiger partial charge < -0.3 is 0 Å². The third kappa shape index (κ3) is 3.22. The summed E-state index contributed by atoms with van der Waals surface area (Å²) in [7, 11) is 0. The molecule has 0 amide bonds. The first-order chi connectivity index (χ1) is 12.7. The van der Waals surface area contributed by atoms with Crippen LogP contribution in [0.2, 0.25) is 0 Å². The molecule has 126 valence electrons. The van der Waals surface area contributed by atoms with Crippen molar-refractivity contribution in [1.82, 2.24) is 9.97 Å². The van der Waals surface area contributed by atoms with Crippen LogP contribution in [-0.2, 0) is 0 Å². The molecule has 0 radical (unpaired) electrons. The molecule has 2 aromatic heterocycles. The van der Waals surface area contributed by atoms with Gasteiger partial charge in [-0.3, -0.25) is 4.98 Å². The van der Waals surface area contributed by atoms with Crippen molar-refractivity contribution in [3.63, 3.8) is 0 Å². The summed E-state index contributed by atoms with van der Waals surface area (Å²) in [6, 6.07) is 21.9. The molecule has 2 heterocycles. The first-order valence-corrected chi connectivity index (χ1v) is 8.15. The Hall–Kier alpha value is -3.40. The predicted molar refractivity (Wildman–Crippen MR) is 98.3 cm³/mol. The van der Waals surface area contributed by atoms with Gasteiger partial charge in [0.2, 0.25) is 0 Å². The Morgan fingerprint density at radius 1 is 0.615 bits per heavy atom. The van der Waals surface area contributed by atoms with Crippen molar-refractivity contribution in [2.75, 3.05) is 0 Å². The molecule has 26 heavy (non-hydrogen) atoms. The van der Waals surface area contributed by atoms with E-state index >= 15 is 0 Å². The van der Waals surface area contributed by atoms with Gasteiger partial charge in [0.1, 0.15) is 11.6 Å². The van der Waals surface area contributed by atoms with Gasteiger partial charge in [-0.15, -0.1) is 0 Å². The van der Waals surface area contributed by atoms with Crippen LogP contribution in [0.5, 0.6) is 0 Å². The Morgan fingerprint density at radius 3 is 2.12 bits per heavy atom. The van der Waals surface area contributed by atoms with Gasteiger partial charge in [-0.25, -0.2) is 13.8 Å². The summed E-state index contributed by atoms with van der Waals surface area (Å²) >= 11 is 0. The van der Waals surface area contributed by atoms with E-state index in [1.165, 1.54) is 18.2 Å². The summed E-state index contributed by atoms with van der Waals surface area (Å²) in [5.74, 6) is -0.660. The highest BCUT2D eigenvalue weighted by molar-refractivity contribution is 5.72. The first kappa shape index (κ1) is 16.1. The van der Waals surface area contributed by atoms with Crippen molar-refractivity contribution in [3.05, 3.63) is 96.7 Å². The summed E-state index contributed by atoms with van der Waals surface area (Å²) in [5, 5.41) is 0.